The van der Waals surface area contributed by atoms with Crippen LogP contribution >= 0.6 is 11.6 Å². The summed E-state index contributed by atoms with van der Waals surface area (Å²) in [6.45, 7) is 3.00. The van der Waals surface area contributed by atoms with Crippen LogP contribution in [0.5, 0.6) is 0 Å². The lowest BCUT2D eigenvalue weighted by Gasteiger charge is -2.16. The molecule has 1 fully saturated rings. The molecule has 0 unspecified atom stereocenters. The first-order valence-electron chi connectivity index (χ1n) is 8.77. The summed E-state index contributed by atoms with van der Waals surface area (Å²) < 4.78 is 26.8. The van der Waals surface area contributed by atoms with Gasteiger partial charge in [-0.15, -0.1) is 0 Å². The smallest absolute Gasteiger partial charge is 0.243 e. The number of hydrogen-bond donors (Lipinski definition) is 2. The highest BCUT2D eigenvalue weighted by atomic mass is 35.5. The van der Waals surface area contributed by atoms with Gasteiger partial charge < -0.3 is 10.6 Å². The van der Waals surface area contributed by atoms with Gasteiger partial charge in [-0.1, -0.05) is 23.7 Å². The molecule has 3 rings (SSSR count). The maximum absolute atomic E-state index is 12.6. The summed E-state index contributed by atoms with van der Waals surface area (Å²) in [6, 6.07) is 11.8. The number of carbonyl (C=O) groups excluding carboxylic acids is 1. The highest BCUT2D eigenvalue weighted by Gasteiger charge is 2.27. The Hall–Kier alpha value is -2.09. The largest absolute Gasteiger partial charge is 0.376 e. The molecule has 1 saturated heterocycles. The van der Waals surface area contributed by atoms with Gasteiger partial charge in [-0.2, -0.15) is 4.31 Å². The van der Waals surface area contributed by atoms with E-state index < -0.39 is 10.0 Å². The molecular formula is C19H22ClN3O3S. The fourth-order valence-corrected chi connectivity index (χ4v) is 4.73. The minimum Gasteiger partial charge on any atom is -0.376 e. The van der Waals surface area contributed by atoms with E-state index in [0.29, 0.717) is 23.8 Å². The van der Waals surface area contributed by atoms with Crippen LogP contribution in [0.15, 0.2) is 47.4 Å². The molecule has 1 aliphatic heterocycles. The predicted molar refractivity (Wildman–Crippen MR) is 108 cm³/mol. The van der Waals surface area contributed by atoms with Gasteiger partial charge in [0, 0.05) is 29.5 Å². The average Bonchev–Trinajstić information content (AvgIpc) is 3.19. The van der Waals surface area contributed by atoms with Gasteiger partial charge in [0.15, 0.2) is 0 Å². The molecule has 8 heteroatoms. The van der Waals surface area contributed by atoms with Crippen molar-refractivity contribution in [2.45, 2.75) is 24.7 Å². The van der Waals surface area contributed by atoms with Crippen molar-refractivity contribution >= 4 is 38.9 Å². The van der Waals surface area contributed by atoms with Crippen LogP contribution in [-0.2, 0) is 14.8 Å². The van der Waals surface area contributed by atoms with Gasteiger partial charge in [-0.3, -0.25) is 4.79 Å². The minimum absolute atomic E-state index is 0.0459. The van der Waals surface area contributed by atoms with Crippen molar-refractivity contribution in [3.05, 3.63) is 53.1 Å². The number of hydrogen-bond acceptors (Lipinski definition) is 4. The summed E-state index contributed by atoms with van der Waals surface area (Å²) in [5.41, 5.74) is 2.10. The second kappa shape index (κ2) is 8.29. The van der Waals surface area contributed by atoms with Crippen LogP contribution in [-0.4, -0.2) is 38.3 Å². The number of amides is 1. The number of nitrogens with zero attached hydrogens (tertiary/aromatic N) is 1. The monoisotopic (exact) mass is 407 g/mol. The molecule has 0 atom stereocenters. The van der Waals surface area contributed by atoms with Gasteiger partial charge in [-0.05, 0) is 55.7 Å². The first-order valence-corrected chi connectivity index (χ1v) is 10.6. The van der Waals surface area contributed by atoms with E-state index in [1.807, 2.05) is 19.1 Å². The predicted octanol–water partition coefficient (Wildman–Crippen LogP) is 3.48. The average molecular weight is 408 g/mol. The zero-order chi connectivity index (χ0) is 19.4. The van der Waals surface area contributed by atoms with E-state index in [2.05, 4.69) is 10.6 Å². The van der Waals surface area contributed by atoms with E-state index in [4.69, 9.17) is 11.6 Å². The van der Waals surface area contributed by atoms with Crippen LogP contribution < -0.4 is 10.6 Å². The molecule has 1 aliphatic rings. The number of nitrogens with one attached hydrogen (secondary N) is 2. The molecule has 0 aromatic heterocycles. The van der Waals surface area contributed by atoms with Crippen molar-refractivity contribution in [2.75, 3.05) is 30.3 Å². The van der Waals surface area contributed by atoms with Crippen LogP contribution in [0.1, 0.15) is 18.4 Å². The van der Waals surface area contributed by atoms with Gasteiger partial charge in [0.25, 0.3) is 0 Å². The Labute approximate surface area is 164 Å². The number of rotatable bonds is 6. The molecule has 2 aromatic carbocycles. The Morgan fingerprint density at radius 1 is 1.15 bits per heavy atom. The van der Waals surface area contributed by atoms with Crippen LogP contribution in [0.2, 0.25) is 5.02 Å². The highest BCUT2D eigenvalue weighted by molar-refractivity contribution is 7.89. The van der Waals surface area contributed by atoms with Gasteiger partial charge in [0.05, 0.1) is 11.4 Å². The van der Waals surface area contributed by atoms with E-state index in [-0.39, 0.29) is 17.3 Å². The van der Waals surface area contributed by atoms with Crippen molar-refractivity contribution in [3.63, 3.8) is 0 Å². The molecule has 144 valence electrons. The first kappa shape index (κ1) is 19.7. The Bertz CT molecular complexity index is 941. The van der Waals surface area contributed by atoms with Gasteiger partial charge >= 0.3 is 0 Å². The van der Waals surface area contributed by atoms with Crippen LogP contribution in [0.4, 0.5) is 11.4 Å². The van der Waals surface area contributed by atoms with Crippen molar-refractivity contribution < 1.29 is 13.2 Å². The van der Waals surface area contributed by atoms with Crippen molar-refractivity contribution in [1.82, 2.24) is 4.31 Å². The Morgan fingerprint density at radius 3 is 2.59 bits per heavy atom. The van der Waals surface area contributed by atoms with Crippen molar-refractivity contribution in [2.24, 2.45) is 0 Å². The molecule has 0 aliphatic carbocycles. The van der Waals surface area contributed by atoms with E-state index >= 15 is 0 Å². The summed E-state index contributed by atoms with van der Waals surface area (Å²) in [6.07, 6.45) is 1.76. The number of benzene rings is 2. The fraction of sp³-hybridized carbons (Fsp3) is 0.316. The van der Waals surface area contributed by atoms with Gasteiger partial charge in [-0.25, -0.2) is 8.42 Å². The molecule has 27 heavy (non-hydrogen) atoms. The Kier molecular flexibility index (Phi) is 6.04. The number of halogens is 1. The lowest BCUT2D eigenvalue weighted by Crippen LogP contribution is -2.28. The normalized spacial score (nSPS) is 14.9. The molecule has 2 aromatic rings. The van der Waals surface area contributed by atoms with Crippen LogP contribution in [0.25, 0.3) is 0 Å². The van der Waals surface area contributed by atoms with E-state index in [0.717, 1.165) is 24.1 Å². The highest BCUT2D eigenvalue weighted by Crippen LogP contribution is 2.24. The summed E-state index contributed by atoms with van der Waals surface area (Å²) in [5, 5.41) is 6.40. The number of sulfonamides is 1. The Balaban J connectivity index is 1.65. The van der Waals surface area contributed by atoms with E-state index in [1.54, 1.807) is 24.3 Å². The summed E-state index contributed by atoms with van der Waals surface area (Å²) in [4.78, 5) is 12.4. The van der Waals surface area contributed by atoms with Crippen LogP contribution in [0.3, 0.4) is 0 Å². The molecule has 0 saturated carbocycles. The third-order valence-corrected chi connectivity index (χ3v) is 6.83. The molecule has 0 bridgehead atoms. The molecule has 1 amide bonds. The van der Waals surface area contributed by atoms with E-state index in [1.165, 1.54) is 10.4 Å². The van der Waals surface area contributed by atoms with Gasteiger partial charge in [0.1, 0.15) is 0 Å². The summed E-state index contributed by atoms with van der Waals surface area (Å²) >= 11 is 6.07. The molecule has 0 spiro atoms. The van der Waals surface area contributed by atoms with Crippen molar-refractivity contribution in [1.29, 1.82) is 0 Å². The minimum atomic E-state index is -3.51. The zero-order valence-electron chi connectivity index (χ0n) is 15.0. The first-order chi connectivity index (χ1) is 12.9. The third-order valence-electron chi connectivity index (χ3n) is 4.53. The maximum atomic E-state index is 12.6. The SMILES string of the molecule is Cc1c(Cl)cccc1NCC(=O)Nc1cccc(S(=O)(=O)N2CCCC2)c1. The molecule has 2 N–H and O–H groups in total. The fourth-order valence-electron chi connectivity index (χ4n) is 2.99. The standard InChI is InChI=1S/C19H22ClN3O3S/c1-14-17(20)8-5-9-18(14)21-13-19(24)22-15-6-4-7-16(12-15)27(25,26)23-10-2-3-11-23/h4-9,12,21H,2-3,10-11,13H2,1H3,(H,22,24). The topological polar surface area (TPSA) is 78.5 Å². The number of carbonyl (C=O) groups is 1. The quantitative estimate of drug-likeness (QED) is 0.768. The molecule has 1 heterocycles. The van der Waals surface area contributed by atoms with Crippen molar-refractivity contribution in [3.8, 4) is 0 Å². The second-order valence-electron chi connectivity index (χ2n) is 6.45. The molecule has 0 radical (unpaired) electrons. The summed E-state index contributed by atoms with van der Waals surface area (Å²) in [5.74, 6) is -0.273. The van der Waals surface area contributed by atoms with Crippen LogP contribution in [0, 0.1) is 6.92 Å². The third kappa shape index (κ3) is 4.61. The van der Waals surface area contributed by atoms with Gasteiger partial charge in [0.2, 0.25) is 15.9 Å². The van der Waals surface area contributed by atoms with E-state index in [9.17, 15) is 13.2 Å². The Morgan fingerprint density at radius 2 is 1.85 bits per heavy atom. The lowest BCUT2D eigenvalue weighted by molar-refractivity contribution is -0.114. The number of anilines is 2. The molecule has 6 nitrogen and oxygen atoms in total. The summed E-state index contributed by atoms with van der Waals surface area (Å²) in [7, 11) is -3.51. The zero-order valence-corrected chi connectivity index (χ0v) is 16.6. The lowest BCUT2D eigenvalue weighted by atomic mass is 10.2. The second-order valence-corrected chi connectivity index (χ2v) is 8.80. The maximum Gasteiger partial charge on any atom is 0.243 e. The molecular weight excluding hydrogens is 386 g/mol.